The van der Waals surface area contributed by atoms with Crippen molar-refractivity contribution in [2.24, 2.45) is 11.8 Å². The van der Waals surface area contributed by atoms with Crippen molar-refractivity contribution in [2.45, 2.75) is 96.4 Å². The maximum atomic E-state index is 13.3. The molecule has 0 unspecified atom stereocenters. The van der Waals surface area contributed by atoms with Gasteiger partial charge in [0.2, 0.25) is 11.9 Å². The van der Waals surface area contributed by atoms with Gasteiger partial charge in [-0.05, 0) is 50.9 Å². The number of anilines is 1. The second kappa shape index (κ2) is 14.3. The van der Waals surface area contributed by atoms with Crippen LogP contribution in [-0.2, 0) is 16.0 Å². The fourth-order valence-corrected chi connectivity index (χ4v) is 5.67. The van der Waals surface area contributed by atoms with Crippen molar-refractivity contribution < 1.29 is 9.53 Å². The lowest BCUT2D eigenvalue weighted by Gasteiger charge is -2.30. The maximum Gasteiger partial charge on any atom is 0.242 e. The summed E-state index contributed by atoms with van der Waals surface area (Å²) in [7, 11) is 0. The highest BCUT2D eigenvalue weighted by Gasteiger charge is 2.30. The summed E-state index contributed by atoms with van der Waals surface area (Å²) in [5.41, 5.74) is 1.03. The van der Waals surface area contributed by atoms with Gasteiger partial charge in [0.1, 0.15) is 18.2 Å². The number of imidazole rings is 1. The van der Waals surface area contributed by atoms with E-state index in [0.717, 1.165) is 49.5 Å². The van der Waals surface area contributed by atoms with Gasteiger partial charge in [0, 0.05) is 43.9 Å². The third kappa shape index (κ3) is 8.02. The first-order valence-electron chi connectivity index (χ1n) is 14.2. The Kier molecular flexibility index (Phi) is 10.6. The molecule has 198 valence electrons. The second-order valence-electron chi connectivity index (χ2n) is 10.4. The number of rotatable bonds is 13. The Hall–Kier alpha value is -2.48. The molecular weight excluding hydrogens is 452 g/mol. The Morgan fingerprint density at radius 1 is 1.11 bits per heavy atom. The van der Waals surface area contributed by atoms with Crippen molar-refractivity contribution in [2.75, 3.05) is 25.1 Å². The molecular formula is C28H44N6O2. The Morgan fingerprint density at radius 2 is 1.89 bits per heavy atom. The van der Waals surface area contributed by atoms with Crippen LogP contribution in [0.15, 0.2) is 24.8 Å². The molecule has 2 fully saturated rings. The second-order valence-corrected chi connectivity index (χ2v) is 10.4. The number of nitrogens with zero attached hydrogens (tertiary/aromatic N) is 4. The molecule has 8 heteroatoms. The van der Waals surface area contributed by atoms with E-state index in [1.165, 1.54) is 51.4 Å². The highest BCUT2D eigenvalue weighted by molar-refractivity contribution is 5.84. The van der Waals surface area contributed by atoms with Crippen LogP contribution in [-0.4, -0.2) is 51.2 Å². The summed E-state index contributed by atoms with van der Waals surface area (Å²) in [5, 5.41) is 6.70. The van der Waals surface area contributed by atoms with Crippen LogP contribution in [0.3, 0.4) is 0 Å². The van der Waals surface area contributed by atoms with E-state index >= 15 is 0 Å². The first-order chi connectivity index (χ1) is 17.7. The summed E-state index contributed by atoms with van der Waals surface area (Å²) in [6.45, 7) is 3.99. The largest absolute Gasteiger partial charge is 0.382 e. The Labute approximate surface area is 216 Å². The minimum absolute atomic E-state index is 0.0601. The van der Waals surface area contributed by atoms with E-state index in [1.54, 1.807) is 12.5 Å². The molecule has 8 nitrogen and oxygen atoms in total. The van der Waals surface area contributed by atoms with Crippen molar-refractivity contribution in [3.63, 3.8) is 0 Å². The summed E-state index contributed by atoms with van der Waals surface area (Å²) in [4.78, 5) is 27.2. The number of nitrogens with one attached hydrogen (secondary N) is 2. The quantitative estimate of drug-likeness (QED) is 0.376. The zero-order valence-electron chi connectivity index (χ0n) is 22.0. The maximum absolute atomic E-state index is 13.3. The van der Waals surface area contributed by atoms with Crippen LogP contribution >= 0.6 is 0 Å². The summed E-state index contributed by atoms with van der Waals surface area (Å²) >= 11 is 0. The van der Waals surface area contributed by atoms with E-state index < -0.39 is 0 Å². The average Bonchev–Trinajstić information content (AvgIpc) is 3.47. The van der Waals surface area contributed by atoms with Gasteiger partial charge in [0.25, 0.3) is 0 Å². The zero-order chi connectivity index (χ0) is 25.0. The molecule has 2 N–H and O–H groups in total. The highest BCUT2D eigenvalue weighted by atomic mass is 16.5. The molecule has 2 saturated carbocycles. The lowest BCUT2D eigenvalue weighted by molar-refractivity contribution is -0.123. The van der Waals surface area contributed by atoms with Crippen LogP contribution in [0.25, 0.3) is 5.95 Å². The molecule has 2 heterocycles. The van der Waals surface area contributed by atoms with Crippen LogP contribution < -0.4 is 10.6 Å². The molecule has 2 aromatic rings. The van der Waals surface area contributed by atoms with Crippen molar-refractivity contribution in [1.29, 1.82) is 0 Å². The fraction of sp³-hybridized carbons (Fsp3) is 0.714. The molecule has 4 rings (SSSR count). The summed E-state index contributed by atoms with van der Waals surface area (Å²) in [6.07, 6.45) is 20.7. The Balaban J connectivity index is 1.49. The first kappa shape index (κ1) is 26.6. The van der Waals surface area contributed by atoms with Crippen LogP contribution in [0.4, 0.5) is 5.82 Å². The first-order valence-corrected chi connectivity index (χ1v) is 14.2. The smallest absolute Gasteiger partial charge is 0.242 e. The van der Waals surface area contributed by atoms with Gasteiger partial charge < -0.3 is 15.4 Å². The molecule has 36 heavy (non-hydrogen) atoms. The lowest BCUT2D eigenvalue weighted by Crippen LogP contribution is -2.45. The number of aryl methyl sites for hydroxylation is 1. The highest BCUT2D eigenvalue weighted by Crippen LogP contribution is 2.30. The van der Waals surface area contributed by atoms with Gasteiger partial charge in [-0.25, -0.2) is 9.97 Å². The van der Waals surface area contributed by atoms with Crippen LogP contribution in [0.5, 0.6) is 0 Å². The normalized spacial score (nSPS) is 18.1. The number of aromatic nitrogens is 4. The lowest BCUT2D eigenvalue weighted by atomic mass is 9.83. The van der Waals surface area contributed by atoms with Crippen molar-refractivity contribution in [3.05, 3.63) is 30.5 Å². The van der Waals surface area contributed by atoms with E-state index in [2.05, 4.69) is 21.7 Å². The molecule has 0 spiro atoms. The van der Waals surface area contributed by atoms with Gasteiger partial charge in [-0.15, -0.1) is 0 Å². The van der Waals surface area contributed by atoms with E-state index in [-0.39, 0.29) is 11.9 Å². The molecule has 0 saturated heterocycles. The van der Waals surface area contributed by atoms with E-state index in [4.69, 9.17) is 14.7 Å². The number of hydrogen-bond donors (Lipinski definition) is 2. The molecule has 0 bridgehead atoms. The Morgan fingerprint density at radius 3 is 2.61 bits per heavy atom. The number of carbonyl (C=O) groups is 1. The molecule has 2 aliphatic carbocycles. The van der Waals surface area contributed by atoms with Gasteiger partial charge in [0.15, 0.2) is 0 Å². The summed E-state index contributed by atoms with van der Waals surface area (Å²) in [5.74, 6) is 2.50. The minimum atomic E-state index is -0.297. The molecule has 2 aromatic heterocycles. The van der Waals surface area contributed by atoms with Crippen LogP contribution in [0.2, 0.25) is 0 Å². The summed E-state index contributed by atoms with van der Waals surface area (Å²) in [6, 6.07) is 1.76. The van der Waals surface area contributed by atoms with Gasteiger partial charge in [-0.1, -0.05) is 51.4 Å². The Bertz CT molecular complexity index is 907. The molecule has 0 aromatic carbocycles. The van der Waals surface area contributed by atoms with Crippen LogP contribution in [0.1, 0.15) is 89.7 Å². The predicted octanol–water partition coefficient (Wildman–Crippen LogP) is 5.08. The van der Waals surface area contributed by atoms with E-state index in [9.17, 15) is 4.79 Å². The monoisotopic (exact) mass is 496 g/mol. The summed E-state index contributed by atoms with van der Waals surface area (Å²) < 4.78 is 7.27. The van der Waals surface area contributed by atoms with E-state index in [0.29, 0.717) is 31.6 Å². The number of carbonyl (C=O) groups excluding carboxylic acids is 1. The van der Waals surface area contributed by atoms with Gasteiger partial charge >= 0.3 is 0 Å². The SMILES string of the molecule is CCOCCCNC(=O)[C@@H](Nc1cc(CCC2CCCCC2)nc(-n2ccnc2)n1)C1CCCCC1. The van der Waals surface area contributed by atoms with Crippen molar-refractivity contribution >= 4 is 11.7 Å². The molecule has 0 radical (unpaired) electrons. The van der Waals surface area contributed by atoms with Gasteiger partial charge in [0.05, 0.1) is 0 Å². The molecule has 1 amide bonds. The zero-order valence-corrected chi connectivity index (χ0v) is 22.0. The fourth-order valence-electron chi connectivity index (χ4n) is 5.67. The standard InChI is InChI=1S/C28H44N6O2/c1-2-36-19-9-16-30-27(35)26(23-12-7-4-8-13-23)32-25-20-24(15-14-22-10-5-3-6-11-22)31-28(33-25)34-18-17-29-21-34/h17-18,20-23,26H,2-16,19H2,1H3,(H,30,35)(H,31,32,33)/t26-/m0/s1. The minimum Gasteiger partial charge on any atom is -0.382 e. The van der Waals surface area contributed by atoms with Gasteiger partial charge in [-0.2, -0.15) is 4.98 Å². The number of amides is 1. The molecule has 0 aliphatic heterocycles. The number of ether oxygens (including phenoxy) is 1. The van der Waals surface area contributed by atoms with Crippen molar-refractivity contribution in [1.82, 2.24) is 24.8 Å². The predicted molar refractivity (Wildman–Crippen MR) is 142 cm³/mol. The topological polar surface area (TPSA) is 94.0 Å². The van der Waals surface area contributed by atoms with Crippen molar-refractivity contribution in [3.8, 4) is 5.95 Å². The molecule has 2 aliphatic rings. The third-order valence-corrected chi connectivity index (χ3v) is 7.71. The third-order valence-electron chi connectivity index (χ3n) is 7.71. The molecule has 1 atom stereocenters. The number of hydrogen-bond acceptors (Lipinski definition) is 6. The van der Waals surface area contributed by atoms with E-state index in [1.807, 2.05) is 17.7 Å². The van der Waals surface area contributed by atoms with Gasteiger partial charge in [-0.3, -0.25) is 9.36 Å². The average molecular weight is 497 g/mol. The van der Waals surface area contributed by atoms with Crippen LogP contribution in [0, 0.1) is 11.8 Å².